The third-order valence-electron chi connectivity index (χ3n) is 6.12. The second-order valence-electron chi connectivity index (χ2n) is 9.91. The maximum atomic E-state index is 12.6. The Bertz CT molecular complexity index is 1260. The standard InChI is InChI=1S/C33H36N4O9/c38-28(34-16-31(41)44-22-25-10-4-1-5-11-25)19-37(20-29(39)35-17-32(42)45-23-26-12-6-2-7-13-26)21-30(40)36-18-33(43)46-24-27-14-8-3-9-15-27/h1-15H,16-24H2,(H,34,38)(H,35,39)(H,36,40). The third-order valence-corrected chi connectivity index (χ3v) is 6.12. The van der Waals surface area contributed by atoms with Gasteiger partial charge in [0, 0.05) is 0 Å². The fraction of sp³-hybridized carbons (Fsp3) is 0.273. The summed E-state index contributed by atoms with van der Waals surface area (Å²) in [5.74, 6) is -4.03. The van der Waals surface area contributed by atoms with Gasteiger partial charge in [-0.1, -0.05) is 91.0 Å². The molecule has 3 N–H and O–H groups in total. The molecule has 0 heterocycles. The summed E-state index contributed by atoms with van der Waals surface area (Å²) in [6, 6.07) is 27.0. The monoisotopic (exact) mass is 632 g/mol. The smallest absolute Gasteiger partial charge is 0.325 e. The van der Waals surface area contributed by atoms with Crippen LogP contribution in [-0.2, 0) is 62.8 Å². The van der Waals surface area contributed by atoms with Gasteiger partial charge in [-0.25, -0.2) is 0 Å². The van der Waals surface area contributed by atoms with Crippen molar-refractivity contribution in [3.05, 3.63) is 108 Å². The molecule has 0 unspecified atom stereocenters. The molecule has 0 saturated carbocycles. The maximum Gasteiger partial charge on any atom is 0.325 e. The van der Waals surface area contributed by atoms with Gasteiger partial charge in [-0.2, -0.15) is 0 Å². The highest BCUT2D eigenvalue weighted by molar-refractivity contribution is 5.88. The predicted octanol–water partition coefficient (Wildman–Crippen LogP) is 0.867. The van der Waals surface area contributed by atoms with Crippen molar-refractivity contribution in [2.75, 3.05) is 39.3 Å². The molecule has 3 rings (SSSR count). The number of nitrogens with zero attached hydrogens (tertiary/aromatic N) is 1. The summed E-state index contributed by atoms with van der Waals surface area (Å²) < 4.78 is 15.4. The van der Waals surface area contributed by atoms with Crippen LogP contribution < -0.4 is 16.0 Å². The molecular formula is C33H36N4O9. The summed E-state index contributed by atoms with van der Waals surface area (Å²) in [5.41, 5.74) is 2.33. The first kappa shape index (κ1) is 34.9. The molecule has 0 aliphatic heterocycles. The molecule has 0 radical (unpaired) electrons. The summed E-state index contributed by atoms with van der Waals surface area (Å²) >= 11 is 0. The molecule has 0 atom stereocenters. The maximum absolute atomic E-state index is 12.6. The van der Waals surface area contributed by atoms with Gasteiger partial charge in [-0.15, -0.1) is 0 Å². The van der Waals surface area contributed by atoms with Gasteiger partial charge in [0.15, 0.2) is 0 Å². The molecular weight excluding hydrogens is 596 g/mol. The van der Waals surface area contributed by atoms with Crippen molar-refractivity contribution in [2.45, 2.75) is 19.8 Å². The third kappa shape index (κ3) is 14.8. The van der Waals surface area contributed by atoms with E-state index in [9.17, 15) is 28.8 Å². The van der Waals surface area contributed by atoms with E-state index in [1.807, 2.05) is 18.2 Å². The normalized spacial score (nSPS) is 10.4. The summed E-state index contributed by atoms with van der Waals surface area (Å²) in [7, 11) is 0. The highest BCUT2D eigenvalue weighted by Crippen LogP contribution is 2.02. The molecule has 0 aliphatic carbocycles. The van der Waals surface area contributed by atoms with Crippen molar-refractivity contribution in [1.82, 2.24) is 20.9 Å². The summed E-state index contributed by atoms with van der Waals surface area (Å²) in [5, 5.41) is 7.18. The number of carbonyl (C=O) groups excluding carboxylic acids is 6. The van der Waals surface area contributed by atoms with Crippen molar-refractivity contribution in [1.29, 1.82) is 0 Å². The topological polar surface area (TPSA) is 169 Å². The number of nitrogens with one attached hydrogen (secondary N) is 3. The minimum atomic E-state index is -0.678. The Balaban J connectivity index is 1.46. The van der Waals surface area contributed by atoms with Crippen LogP contribution in [0.5, 0.6) is 0 Å². The highest BCUT2D eigenvalue weighted by Gasteiger charge is 2.20. The number of hydrogen-bond acceptors (Lipinski definition) is 10. The fourth-order valence-electron chi connectivity index (χ4n) is 3.82. The van der Waals surface area contributed by atoms with E-state index in [4.69, 9.17) is 14.2 Å². The molecule has 0 aromatic heterocycles. The summed E-state index contributed by atoms with van der Waals surface area (Å²) in [6.45, 7) is -2.57. The Morgan fingerprint density at radius 3 is 0.957 bits per heavy atom. The van der Waals surface area contributed by atoms with Crippen molar-refractivity contribution < 1.29 is 43.0 Å². The van der Waals surface area contributed by atoms with Crippen LogP contribution in [0.3, 0.4) is 0 Å². The number of hydrogen-bond donors (Lipinski definition) is 3. The quantitative estimate of drug-likeness (QED) is 0.135. The molecule has 3 amide bonds. The van der Waals surface area contributed by atoms with Gasteiger partial charge in [0.1, 0.15) is 39.5 Å². The number of esters is 3. The average molecular weight is 633 g/mol. The number of benzene rings is 3. The largest absolute Gasteiger partial charge is 0.460 e. The van der Waals surface area contributed by atoms with Crippen molar-refractivity contribution in [3.63, 3.8) is 0 Å². The van der Waals surface area contributed by atoms with Gasteiger partial charge in [-0.05, 0) is 16.7 Å². The van der Waals surface area contributed by atoms with Crippen LogP contribution in [0.4, 0.5) is 0 Å². The minimum absolute atomic E-state index is 0.0313. The van der Waals surface area contributed by atoms with Gasteiger partial charge < -0.3 is 30.2 Å². The lowest BCUT2D eigenvalue weighted by Crippen LogP contribution is -2.48. The second-order valence-corrected chi connectivity index (χ2v) is 9.91. The van der Waals surface area contributed by atoms with Crippen LogP contribution >= 0.6 is 0 Å². The zero-order valence-electron chi connectivity index (χ0n) is 25.1. The first-order chi connectivity index (χ1) is 22.3. The molecule has 0 aliphatic rings. The lowest BCUT2D eigenvalue weighted by Gasteiger charge is -2.20. The number of ether oxygens (including phenoxy) is 3. The van der Waals surface area contributed by atoms with E-state index in [-0.39, 0.29) is 19.8 Å². The Kier molecular flexibility index (Phi) is 14.9. The van der Waals surface area contributed by atoms with Crippen molar-refractivity contribution in [2.24, 2.45) is 0 Å². The predicted molar refractivity (Wildman–Crippen MR) is 164 cm³/mol. The van der Waals surface area contributed by atoms with Crippen LogP contribution in [-0.4, -0.2) is 79.8 Å². The number of rotatable bonds is 18. The van der Waals surface area contributed by atoms with Crippen LogP contribution in [0, 0.1) is 0 Å². The molecule has 0 fully saturated rings. The molecule has 3 aromatic carbocycles. The molecule has 0 bridgehead atoms. The molecule has 242 valence electrons. The Hall–Kier alpha value is -5.56. The molecule has 46 heavy (non-hydrogen) atoms. The first-order valence-electron chi connectivity index (χ1n) is 14.4. The highest BCUT2D eigenvalue weighted by atomic mass is 16.5. The van der Waals surface area contributed by atoms with Gasteiger partial charge in [0.05, 0.1) is 19.6 Å². The molecule has 0 spiro atoms. The van der Waals surface area contributed by atoms with E-state index in [1.165, 1.54) is 4.90 Å². The van der Waals surface area contributed by atoms with Gasteiger partial charge in [0.2, 0.25) is 17.7 Å². The van der Waals surface area contributed by atoms with Crippen molar-refractivity contribution >= 4 is 35.6 Å². The SMILES string of the molecule is O=C(CN(CC(=O)NCC(=O)OCc1ccccc1)CC(=O)NCC(=O)OCc1ccccc1)NCC(=O)OCc1ccccc1. The first-order valence-corrected chi connectivity index (χ1v) is 14.4. The molecule has 0 saturated heterocycles. The average Bonchev–Trinajstić information content (AvgIpc) is 3.07. The van der Waals surface area contributed by atoms with E-state index in [0.29, 0.717) is 0 Å². The lowest BCUT2D eigenvalue weighted by atomic mass is 10.2. The molecule has 3 aromatic rings. The van der Waals surface area contributed by atoms with Gasteiger partial charge in [-0.3, -0.25) is 33.7 Å². The Morgan fingerprint density at radius 2 is 0.696 bits per heavy atom. The molecule has 13 nitrogen and oxygen atoms in total. The summed E-state index contributed by atoms with van der Waals surface area (Å²) in [4.78, 5) is 75.2. The van der Waals surface area contributed by atoms with E-state index in [2.05, 4.69) is 16.0 Å². The number of amides is 3. The van der Waals surface area contributed by atoms with E-state index < -0.39 is 74.9 Å². The lowest BCUT2D eigenvalue weighted by molar-refractivity contribution is -0.145. The van der Waals surface area contributed by atoms with Gasteiger partial charge in [0.25, 0.3) is 0 Å². The Labute approximate surface area is 266 Å². The van der Waals surface area contributed by atoms with Crippen LogP contribution in [0.15, 0.2) is 91.0 Å². The van der Waals surface area contributed by atoms with E-state index >= 15 is 0 Å². The number of carbonyl (C=O) groups is 6. The van der Waals surface area contributed by atoms with E-state index in [1.54, 1.807) is 72.8 Å². The zero-order valence-corrected chi connectivity index (χ0v) is 25.1. The van der Waals surface area contributed by atoms with E-state index in [0.717, 1.165) is 16.7 Å². The minimum Gasteiger partial charge on any atom is -0.460 e. The Morgan fingerprint density at radius 1 is 0.435 bits per heavy atom. The second kappa shape index (κ2) is 19.7. The summed E-state index contributed by atoms with van der Waals surface area (Å²) in [6.07, 6.45) is 0. The van der Waals surface area contributed by atoms with Gasteiger partial charge >= 0.3 is 17.9 Å². The van der Waals surface area contributed by atoms with Crippen molar-refractivity contribution in [3.8, 4) is 0 Å². The fourth-order valence-corrected chi connectivity index (χ4v) is 3.82. The van der Waals surface area contributed by atoms with Crippen LogP contribution in [0.1, 0.15) is 16.7 Å². The van der Waals surface area contributed by atoms with Crippen LogP contribution in [0.25, 0.3) is 0 Å². The molecule has 13 heteroatoms. The van der Waals surface area contributed by atoms with Crippen LogP contribution in [0.2, 0.25) is 0 Å². The zero-order chi connectivity index (χ0) is 33.0.